The number of benzene rings is 1. The number of rotatable bonds is 1. The van der Waals surface area contributed by atoms with E-state index in [9.17, 15) is 5.26 Å². The van der Waals surface area contributed by atoms with Gasteiger partial charge in [0.1, 0.15) is 10.7 Å². The van der Waals surface area contributed by atoms with Gasteiger partial charge in [-0.15, -0.1) is 11.3 Å². The molecule has 3 aromatic rings. The minimum atomic E-state index is -0.728. The Labute approximate surface area is 164 Å². The minimum absolute atomic E-state index is 0.0595. The molecule has 0 saturated carbocycles. The molecule has 26 heavy (non-hydrogen) atoms. The van der Waals surface area contributed by atoms with Crippen LogP contribution >= 0.6 is 34.5 Å². The lowest BCUT2D eigenvalue weighted by atomic mass is 9.83. The Morgan fingerprint density at radius 2 is 2.00 bits per heavy atom. The third-order valence-corrected chi connectivity index (χ3v) is 6.41. The fourth-order valence-electron chi connectivity index (χ4n) is 3.39. The number of aryl methyl sites for hydroxylation is 2. The first kappa shape index (κ1) is 17.3. The molecule has 0 bridgehead atoms. The largest absolute Gasteiger partial charge is 0.440 e. The van der Waals surface area contributed by atoms with Gasteiger partial charge in [0.15, 0.2) is 5.75 Å². The molecule has 0 spiro atoms. The third kappa shape index (κ3) is 2.57. The number of halogens is 2. The highest BCUT2D eigenvalue weighted by Gasteiger charge is 2.40. The molecule has 0 fully saturated rings. The highest BCUT2D eigenvalue weighted by molar-refractivity contribution is 7.19. The second-order valence-electron chi connectivity index (χ2n) is 6.28. The number of nitrogens with one attached hydrogen (secondary N) is 1. The number of ether oxygens (including phenoxy) is 1. The van der Waals surface area contributed by atoms with Gasteiger partial charge in [0, 0.05) is 11.6 Å². The van der Waals surface area contributed by atoms with E-state index in [4.69, 9.17) is 33.3 Å². The van der Waals surface area contributed by atoms with Gasteiger partial charge < -0.3 is 4.74 Å². The number of nitriles is 1. The summed E-state index contributed by atoms with van der Waals surface area (Å²) in [6.07, 6.45) is 0. The van der Waals surface area contributed by atoms with Gasteiger partial charge >= 0.3 is 0 Å². The minimum Gasteiger partial charge on any atom is -0.440 e. The van der Waals surface area contributed by atoms with E-state index in [-0.39, 0.29) is 11.8 Å². The maximum absolute atomic E-state index is 9.68. The molecule has 1 N–H and O–H groups in total. The van der Waals surface area contributed by atoms with E-state index in [0.29, 0.717) is 15.8 Å². The van der Waals surface area contributed by atoms with Crippen LogP contribution in [0, 0.1) is 36.5 Å². The van der Waals surface area contributed by atoms with Crippen molar-refractivity contribution in [2.75, 3.05) is 0 Å². The van der Waals surface area contributed by atoms with Gasteiger partial charge in [0.25, 0.3) is 0 Å². The van der Waals surface area contributed by atoms with Crippen LogP contribution in [0.5, 0.6) is 5.75 Å². The zero-order valence-electron chi connectivity index (χ0n) is 13.9. The molecule has 0 amide bonds. The summed E-state index contributed by atoms with van der Waals surface area (Å²) in [5.74, 6) is -0.502. The molecular formula is C19H13Cl2N3OS. The first-order chi connectivity index (χ1) is 12.4. The number of aromatic nitrogens is 1. The van der Waals surface area contributed by atoms with Crippen LogP contribution in [0.15, 0.2) is 24.3 Å². The van der Waals surface area contributed by atoms with E-state index in [1.54, 1.807) is 12.1 Å². The number of fused-ring (bicyclic) bond motifs is 3. The number of nitrogens with zero attached hydrogens (tertiary/aromatic N) is 2. The van der Waals surface area contributed by atoms with E-state index in [2.05, 4.69) is 11.1 Å². The topological polar surface area (TPSA) is 69.8 Å². The molecule has 4 nitrogen and oxygen atoms in total. The van der Waals surface area contributed by atoms with E-state index in [0.717, 1.165) is 31.9 Å². The molecular weight excluding hydrogens is 389 g/mol. The van der Waals surface area contributed by atoms with Gasteiger partial charge in [-0.25, -0.2) is 4.98 Å². The standard InChI is InChI=1S/C19H13Cl2N3OS/c1-8-5-9(2)24-19-14(8)16-17(26-19)15(11(7-22)18(23)25-16)10-3-4-12(20)13(21)6-10/h3-6,11,15,23H,1-2H3. The molecule has 0 radical (unpaired) electrons. The summed E-state index contributed by atoms with van der Waals surface area (Å²) in [7, 11) is 0. The summed E-state index contributed by atoms with van der Waals surface area (Å²) in [6, 6.07) is 9.53. The van der Waals surface area contributed by atoms with E-state index >= 15 is 0 Å². The summed E-state index contributed by atoms with van der Waals surface area (Å²) in [5, 5.41) is 19.7. The van der Waals surface area contributed by atoms with Crippen LogP contribution in [0.1, 0.15) is 27.6 Å². The third-order valence-electron chi connectivity index (χ3n) is 4.52. The maximum Gasteiger partial charge on any atom is 0.205 e. The van der Waals surface area contributed by atoms with Gasteiger partial charge in [-0.1, -0.05) is 29.3 Å². The molecule has 4 rings (SSSR count). The lowest BCUT2D eigenvalue weighted by molar-refractivity contribution is 0.461. The van der Waals surface area contributed by atoms with Crippen molar-refractivity contribution < 1.29 is 4.74 Å². The number of hydrogen-bond donors (Lipinski definition) is 1. The molecule has 1 aliphatic rings. The average Bonchev–Trinajstić information content (AvgIpc) is 2.94. The van der Waals surface area contributed by atoms with Crippen molar-refractivity contribution in [1.82, 2.24) is 4.98 Å². The van der Waals surface area contributed by atoms with E-state index in [1.165, 1.54) is 11.3 Å². The van der Waals surface area contributed by atoms with Gasteiger partial charge in [-0.05, 0) is 43.2 Å². The van der Waals surface area contributed by atoms with Crippen LogP contribution in [0.3, 0.4) is 0 Å². The average molecular weight is 402 g/mol. The van der Waals surface area contributed by atoms with Crippen LogP contribution < -0.4 is 4.74 Å². The summed E-state index contributed by atoms with van der Waals surface area (Å²) in [6.45, 7) is 3.95. The molecule has 2 aromatic heterocycles. The Morgan fingerprint density at radius 3 is 2.69 bits per heavy atom. The van der Waals surface area contributed by atoms with Gasteiger partial charge in [-0.2, -0.15) is 5.26 Å². The van der Waals surface area contributed by atoms with Crippen molar-refractivity contribution >= 4 is 50.7 Å². The predicted molar refractivity (Wildman–Crippen MR) is 105 cm³/mol. The molecule has 3 heterocycles. The first-order valence-electron chi connectivity index (χ1n) is 7.92. The second-order valence-corrected chi connectivity index (χ2v) is 8.13. The van der Waals surface area contributed by atoms with Crippen LogP contribution in [-0.4, -0.2) is 10.9 Å². The number of thiophene rings is 1. The van der Waals surface area contributed by atoms with Crippen molar-refractivity contribution in [3.8, 4) is 11.8 Å². The van der Waals surface area contributed by atoms with Crippen molar-refractivity contribution in [2.45, 2.75) is 19.8 Å². The normalized spacial score (nSPS) is 19.1. The lowest BCUT2D eigenvalue weighted by Crippen LogP contribution is -2.30. The SMILES string of the molecule is Cc1cc(C)c2c3c(sc2n1)C(c1ccc(Cl)c(Cl)c1)C(C#N)C(=N)O3. The van der Waals surface area contributed by atoms with Crippen LogP contribution in [0.2, 0.25) is 10.0 Å². The Bertz CT molecular complexity index is 1120. The molecule has 0 aliphatic carbocycles. The van der Waals surface area contributed by atoms with E-state index < -0.39 is 5.92 Å². The first-order valence-corrected chi connectivity index (χ1v) is 9.49. The quantitative estimate of drug-likeness (QED) is 0.554. The fraction of sp³-hybridized carbons (Fsp3) is 0.211. The fourth-order valence-corrected chi connectivity index (χ4v) is 5.09. The Balaban J connectivity index is 2.02. The van der Waals surface area contributed by atoms with Crippen molar-refractivity contribution in [2.24, 2.45) is 5.92 Å². The zero-order valence-corrected chi connectivity index (χ0v) is 16.3. The van der Waals surface area contributed by atoms with Gasteiger partial charge in [0.2, 0.25) is 5.90 Å². The van der Waals surface area contributed by atoms with Crippen LogP contribution in [0.4, 0.5) is 0 Å². The van der Waals surface area contributed by atoms with Crippen molar-refractivity contribution in [1.29, 1.82) is 10.7 Å². The Kier molecular flexibility index (Phi) is 4.15. The number of pyridine rings is 1. The monoisotopic (exact) mass is 401 g/mol. The van der Waals surface area contributed by atoms with Crippen molar-refractivity contribution in [3.05, 3.63) is 56.0 Å². The predicted octanol–water partition coefficient (Wildman–Crippen LogP) is 5.86. The van der Waals surface area contributed by atoms with Crippen molar-refractivity contribution in [3.63, 3.8) is 0 Å². The Hall–Kier alpha value is -2.13. The summed E-state index contributed by atoms with van der Waals surface area (Å²) >= 11 is 13.8. The number of hydrogen-bond acceptors (Lipinski definition) is 5. The molecule has 2 atom stereocenters. The maximum atomic E-state index is 9.68. The Morgan fingerprint density at radius 1 is 1.23 bits per heavy atom. The molecule has 1 aliphatic heterocycles. The molecule has 1 aromatic carbocycles. The molecule has 0 saturated heterocycles. The highest BCUT2D eigenvalue weighted by atomic mass is 35.5. The molecule has 130 valence electrons. The van der Waals surface area contributed by atoms with Crippen LogP contribution in [-0.2, 0) is 0 Å². The smallest absolute Gasteiger partial charge is 0.205 e. The summed E-state index contributed by atoms with van der Waals surface area (Å²) in [4.78, 5) is 6.36. The highest BCUT2D eigenvalue weighted by Crippen LogP contribution is 2.51. The van der Waals surface area contributed by atoms with Gasteiger partial charge in [0.05, 0.1) is 26.4 Å². The van der Waals surface area contributed by atoms with Gasteiger partial charge in [-0.3, -0.25) is 5.41 Å². The lowest BCUT2D eigenvalue weighted by Gasteiger charge is -2.28. The second kappa shape index (κ2) is 6.24. The van der Waals surface area contributed by atoms with Crippen LogP contribution in [0.25, 0.3) is 10.2 Å². The molecule has 2 unspecified atom stereocenters. The summed E-state index contributed by atoms with van der Waals surface area (Å²) < 4.78 is 5.79. The summed E-state index contributed by atoms with van der Waals surface area (Å²) in [5.41, 5.74) is 2.80. The zero-order chi connectivity index (χ0) is 18.6. The molecule has 7 heteroatoms. The van der Waals surface area contributed by atoms with E-state index in [1.807, 2.05) is 26.0 Å².